The van der Waals surface area contributed by atoms with Crippen molar-refractivity contribution in [2.75, 3.05) is 6.61 Å². The maximum atomic E-state index is 12.2. The fourth-order valence-electron chi connectivity index (χ4n) is 1.87. The second-order valence-electron chi connectivity index (χ2n) is 5.12. The molecule has 2 rings (SSSR count). The molecule has 0 heterocycles. The maximum Gasteiger partial charge on any atom is 0.276 e. The van der Waals surface area contributed by atoms with Gasteiger partial charge in [0.2, 0.25) is 0 Å². The van der Waals surface area contributed by atoms with Gasteiger partial charge < -0.3 is 4.74 Å². The molecule has 0 fully saturated rings. The van der Waals surface area contributed by atoms with Gasteiger partial charge in [-0.3, -0.25) is 0 Å². The Kier molecular flexibility index (Phi) is 6.39. The van der Waals surface area contributed by atoms with Crippen LogP contribution < -0.4 is 9.57 Å². The highest BCUT2D eigenvalue weighted by molar-refractivity contribution is 9.10. The number of rotatable bonds is 7. The van der Waals surface area contributed by atoms with E-state index in [-0.39, 0.29) is 4.90 Å². The molecule has 0 radical (unpaired) electrons. The van der Waals surface area contributed by atoms with E-state index in [9.17, 15) is 8.42 Å². The molecule has 0 aromatic heterocycles. The number of hydrogen-bond acceptors (Lipinski definition) is 4. The number of benzene rings is 2. The lowest BCUT2D eigenvalue weighted by molar-refractivity contribution is 0.317. The second-order valence-corrected chi connectivity index (χ2v) is 7.70. The van der Waals surface area contributed by atoms with Crippen molar-refractivity contribution in [1.82, 2.24) is 4.83 Å². The lowest BCUT2D eigenvalue weighted by Gasteiger charge is -2.07. The zero-order valence-electron chi connectivity index (χ0n) is 13.5. The van der Waals surface area contributed by atoms with Crippen LogP contribution in [0.25, 0.3) is 0 Å². The summed E-state index contributed by atoms with van der Waals surface area (Å²) < 4.78 is 30.7. The van der Waals surface area contributed by atoms with Crippen LogP contribution in [0.3, 0.4) is 0 Å². The Morgan fingerprint density at radius 1 is 1.12 bits per heavy atom. The zero-order chi connectivity index (χ0) is 17.6. The van der Waals surface area contributed by atoms with E-state index in [2.05, 4.69) is 25.9 Å². The lowest BCUT2D eigenvalue weighted by Crippen LogP contribution is -2.19. The SMILES string of the molecule is CCCOc1ccc(/C(C)=N\NS(=O)(=O)c2ccc(Br)cc2)cc1. The second kappa shape index (κ2) is 8.30. The van der Waals surface area contributed by atoms with Crippen molar-refractivity contribution in [2.45, 2.75) is 25.2 Å². The van der Waals surface area contributed by atoms with Crippen LogP contribution in [0.15, 0.2) is 63.0 Å². The summed E-state index contributed by atoms with van der Waals surface area (Å²) in [6.45, 7) is 4.45. The first-order valence-electron chi connectivity index (χ1n) is 7.47. The Hall–Kier alpha value is -1.86. The quantitative estimate of drug-likeness (QED) is 0.554. The van der Waals surface area contributed by atoms with Crippen LogP contribution in [0.2, 0.25) is 0 Å². The summed E-state index contributed by atoms with van der Waals surface area (Å²) in [6, 6.07) is 13.7. The highest BCUT2D eigenvalue weighted by Crippen LogP contribution is 2.15. The van der Waals surface area contributed by atoms with E-state index >= 15 is 0 Å². The molecular formula is C17H19BrN2O3S. The molecule has 0 amide bonds. The minimum atomic E-state index is -3.68. The van der Waals surface area contributed by atoms with Crippen molar-refractivity contribution >= 4 is 31.7 Å². The molecule has 1 N–H and O–H groups in total. The molecule has 0 atom stereocenters. The third-order valence-electron chi connectivity index (χ3n) is 3.20. The Morgan fingerprint density at radius 2 is 1.75 bits per heavy atom. The van der Waals surface area contributed by atoms with E-state index < -0.39 is 10.0 Å². The fraction of sp³-hybridized carbons (Fsp3) is 0.235. The van der Waals surface area contributed by atoms with Crippen molar-refractivity contribution < 1.29 is 13.2 Å². The first-order chi connectivity index (χ1) is 11.4. The molecule has 0 saturated heterocycles. The molecule has 0 aliphatic carbocycles. The molecule has 0 saturated carbocycles. The summed E-state index contributed by atoms with van der Waals surface area (Å²) in [7, 11) is -3.68. The van der Waals surface area contributed by atoms with Gasteiger partial charge in [-0.05, 0) is 67.4 Å². The van der Waals surface area contributed by atoms with Gasteiger partial charge in [-0.1, -0.05) is 22.9 Å². The van der Waals surface area contributed by atoms with Crippen LogP contribution in [-0.2, 0) is 10.0 Å². The smallest absolute Gasteiger partial charge is 0.276 e. The van der Waals surface area contributed by atoms with Gasteiger partial charge in [-0.2, -0.15) is 18.4 Å². The summed E-state index contributed by atoms with van der Waals surface area (Å²) >= 11 is 3.27. The summed E-state index contributed by atoms with van der Waals surface area (Å²) in [6.07, 6.45) is 0.945. The largest absolute Gasteiger partial charge is 0.494 e. The first kappa shape index (κ1) is 18.5. The molecule has 0 aliphatic heterocycles. The molecule has 7 heteroatoms. The Bertz CT molecular complexity index is 801. The molecule has 0 spiro atoms. The third kappa shape index (κ3) is 5.07. The minimum absolute atomic E-state index is 0.158. The van der Waals surface area contributed by atoms with Crippen LogP contribution >= 0.6 is 15.9 Å². The number of hydrogen-bond donors (Lipinski definition) is 1. The average Bonchev–Trinajstić information content (AvgIpc) is 2.59. The van der Waals surface area contributed by atoms with Crippen molar-refractivity contribution in [3.63, 3.8) is 0 Å². The van der Waals surface area contributed by atoms with Crippen LogP contribution in [0.1, 0.15) is 25.8 Å². The highest BCUT2D eigenvalue weighted by Gasteiger charge is 2.12. The van der Waals surface area contributed by atoms with Crippen molar-refractivity contribution in [1.29, 1.82) is 0 Å². The molecule has 0 unspecified atom stereocenters. The molecule has 128 valence electrons. The maximum absolute atomic E-state index is 12.2. The Morgan fingerprint density at radius 3 is 2.33 bits per heavy atom. The highest BCUT2D eigenvalue weighted by atomic mass is 79.9. The number of sulfonamides is 1. The van der Waals surface area contributed by atoms with Crippen LogP contribution in [0.5, 0.6) is 5.75 Å². The molecule has 5 nitrogen and oxygen atoms in total. The first-order valence-corrected chi connectivity index (χ1v) is 9.75. The summed E-state index contributed by atoms with van der Waals surface area (Å²) in [5.41, 5.74) is 1.38. The monoisotopic (exact) mass is 410 g/mol. The van der Waals surface area contributed by atoms with Crippen molar-refractivity contribution in [2.24, 2.45) is 5.10 Å². The van der Waals surface area contributed by atoms with Gasteiger partial charge in [-0.15, -0.1) is 0 Å². The Balaban J connectivity index is 2.08. The minimum Gasteiger partial charge on any atom is -0.494 e. The third-order valence-corrected chi connectivity index (χ3v) is 4.96. The number of halogens is 1. The topological polar surface area (TPSA) is 67.8 Å². The van der Waals surface area contributed by atoms with Gasteiger partial charge in [0.05, 0.1) is 17.2 Å². The number of hydrazone groups is 1. The zero-order valence-corrected chi connectivity index (χ0v) is 15.9. The summed E-state index contributed by atoms with van der Waals surface area (Å²) in [5, 5.41) is 3.98. The van der Waals surface area contributed by atoms with Gasteiger partial charge in [0, 0.05) is 4.47 Å². The standard InChI is InChI=1S/C17H19BrN2O3S/c1-3-12-23-16-8-4-14(5-9-16)13(2)19-20-24(21,22)17-10-6-15(18)7-11-17/h4-11,20H,3,12H2,1-2H3/b19-13-. The number of nitrogens with zero attached hydrogens (tertiary/aromatic N) is 1. The van der Waals surface area contributed by atoms with E-state index in [1.807, 2.05) is 31.2 Å². The van der Waals surface area contributed by atoms with Gasteiger partial charge >= 0.3 is 0 Å². The summed E-state index contributed by atoms with van der Waals surface area (Å²) in [4.78, 5) is 2.41. The van der Waals surface area contributed by atoms with E-state index in [4.69, 9.17) is 4.74 Å². The molecular weight excluding hydrogens is 392 g/mol. The van der Waals surface area contributed by atoms with E-state index in [1.165, 1.54) is 12.1 Å². The van der Waals surface area contributed by atoms with E-state index in [1.54, 1.807) is 19.1 Å². The van der Waals surface area contributed by atoms with E-state index in [0.717, 1.165) is 22.2 Å². The lowest BCUT2D eigenvalue weighted by atomic mass is 10.1. The fourth-order valence-corrected chi connectivity index (χ4v) is 2.99. The molecule has 0 bridgehead atoms. The molecule has 24 heavy (non-hydrogen) atoms. The van der Waals surface area contributed by atoms with Gasteiger partial charge in [0.25, 0.3) is 10.0 Å². The summed E-state index contributed by atoms with van der Waals surface area (Å²) in [5.74, 6) is 0.781. The van der Waals surface area contributed by atoms with Crippen LogP contribution in [-0.4, -0.2) is 20.7 Å². The number of ether oxygens (including phenoxy) is 1. The molecule has 2 aromatic rings. The predicted octanol–water partition coefficient (Wildman–Crippen LogP) is 3.94. The van der Waals surface area contributed by atoms with Gasteiger partial charge in [0.15, 0.2) is 0 Å². The normalized spacial score (nSPS) is 12.0. The van der Waals surface area contributed by atoms with Gasteiger partial charge in [0.1, 0.15) is 5.75 Å². The predicted molar refractivity (Wildman–Crippen MR) is 98.9 cm³/mol. The van der Waals surface area contributed by atoms with Crippen molar-refractivity contribution in [3.8, 4) is 5.75 Å². The van der Waals surface area contributed by atoms with E-state index in [0.29, 0.717) is 12.3 Å². The van der Waals surface area contributed by atoms with Gasteiger partial charge in [-0.25, -0.2) is 0 Å². The average molecular weight is 411 g/mol. The van der Waals surface area contributed by atoms with Crippen LogP contribution in [0, 0.1) is 0 Å². The molecule has 2 aromatic carbocycles. The van der Waals surface area contributed by atoms with Crippen molar-refractivity contribution in [3.05, 3.63) is 58.6 Å². The molecule has 0 aliphatic rings. The number of nitrogens with one attached hydrogen (secondary N) is 1. The van der Waals surface area contributed by atoms with Crippen LogP contribution in [0.4, 0.5) is 0 Å². The Labute approximate surface area is 150 Å².